The lowest BCUT2D eigenvalue weighted by Gasteiger charge is -2.08. The Morgan fingerprint density at radius 3 is 2.86 bits per heavy atom. The minimum absolute atomic E-state index is 0.366. The van der Waals surface area contributed by atoms with Crippen LogP contribution in [0.15, 0.2) is 24.4 Å². The summed E-state index contributed by atoms with van der Waals surface area (Å²) in [5.41, 5.74) is 2.36. The molecule has 5 nitrogen and oxygen atoms in total. The number of hydrogen-bond donors (Lipinski definition) is 0. The van der Waals surface area contributed by atoms with Gasteiger partial charge in [-0.25, -0.2) is 9.78 Å². The van der Waals surface area contributed by atoms with Crippen LogP contribution in [0.1, 0.15) is 29.9 Å². The topological polar surface area (TPSA) is 53.4 Å². The van der Waals surface area contributed by atoms with Gasteiger partial charge in [0, 0.05) is 6.20 Å². The largest absolute Gasteiger partial charge is 0.491 e. The van der Waals surface area contributed by atoms with Gasteiger partial charge in [0.15, 0.2) is 0 Å². The molecule has 1 aromatic carbocycles. The van der Waals surface area contributed by atoms with Crippen molar-refractivity contribution in [1.29, 1.82) is 0 Å². The number of hydrogen-bond acceptors (Lipinski definition) is 4. The van der Waals surface area contributed by atoms with Crippen molar-refractivity contribution in [3.05, 3.63) is 35.7 Å². The first-order valence-electron chi connectivity index (χ1n) is 7.08. The molecule has 0 N–H and O–H groups in total. The molecular weight excluding hydrogens is 268 g/mol. The van der Waals surface area contributed by atoms with Crippen LogP contribution in [0.3, 0.4) is 0 Å². The monoisotopic (exact) mass is 288 g/mol. The van der Waals surface area contributed by atoms with Crippen molar-refractivity contribution in [2.24, 2.45) is 0 Å². The summed E-state index contributed by atoms with van der Waals surface area (Å²) in [5, 5.41) is 0. The van der Waals surface area contributed by atoms with Crippen molar-refractivity contribution in [2.45, 2.75) is 27.3 Å². The van der Waals surface area contributed by atoms with Crippen molar-refractivity contribution >= 4 is 5.97 Å². The van der Waals surface area contributed by atoms with Gasteiger partial charge < -0.3 is 14.0 Å². The first-order valence-corrected chi connectivity index (χ1v) is 7.08. The van der Waals surface area contributed by atoms with Crippen molar-refractivity contribution < 1.29 is 14.3 Å². The summed E-state index contributed by atoms with van der Waals surface area (Å²) in [4.78, 5) is 16.1. The second-order valence-corrected chi connectivity index (χ2v) is 4.45. The van der Waals surface area contributed by atoms with Gasteiger partial charge in [-0.3, -0.25) is 0 Å². The van der Waals surface area contributed by atoms with Gasteiger partial charge in [0.2, 0.25) is 0 Å². The highest BCUT2D eigenvalue weighted by atomic mass is 16.5. The normalized spacial score (nSPS) is 12.0. The van der Waals surface area contributed by atoms with Gasteiger partial charge in [-0.1, -0.05) is 13.8 Å². The molecule has 1 aliphatic heterocycles. The number of aromatic nitrogens is 2. The predicted octanol–water partition coefficient (Wildman–Crippen LogP) is 3.06. The summed E-state index contributed by atoms with van der Waals surface area (Å²) in [6.45, 7) is 7.27. The molecule has 0 saturated carbocycles. The lowest BCUT2D eigenvalue weighted by Crippen LogP contribution is -2.05. The van der Waals surface area contributed by atoms with E-state index in [9.17, 15) is 4.79 Å². The molecule has 0 atom stereocenters. The summed E-state index contributed by atoms with van der Waals surface area (Å²) < 4.78 is 12.5. The van der Waals surface area contributed by atoms with Crippen molar-refractivity contribution in [3.8, 4) is 17.1 Å². The smallest absolute Gasteiger partial charge is 0.337 e. The van der Waals surface area contributed by atoms with Crippen molar-refractivity contribution in [2.75, 3.05) is 13.7 Å². The number of aryl methyl sites for hydroxylation is 1. The van der Waals surface area contributed by atoms with Crippen LogP contribution in [0.4, 0.5) is 0 Å². The van der Waals surface area contributed by atoms with Crippen molar-refractivity contribution in [1.82, 2.24) is 9.55 Å². The van der Waals surface area contributed by atoms with E-state index >= 15 is 0 Å². The number of benzene rings is 1. The number of esters is 1. The Morgan fingerprint density at radius 1 is 1.38 bits per heavy atom. The standard InChI is InChI=1S/C14H14N2O3.C2H6/c1-9-8-16-5-6-19-12-7-10(14(17)18-2)3-4-11(12)13(16)15-9;1-2/h3-4,7-8H,5-6H2,1-2H3;1-2H3. The molecule has 112 valence electrons. The Balaban J connectivity index is 0.000000774. The first-order chi connectivity index (χ1) is 10.2. The lowest BCUT2D eigenvalue weighted by molar-refractivity contribution is 0.0600. The van der Waals surface area contributed by atoms with E-state index in [-0.39, 0.29) is 5.97 Å². The van der Waals surface area contributed by atoms with Crippen LogP contribution in [0, 0.1) is 6.92 Å². The molecule has 0 radical (unpaired) electrons. The number of nitrogens with zero attached hydrogens (tertiary/aromatic N) is 2. The number of rotatable bonds is 1. The van der Waals surface area contributed by atoms with Crippen LogP contribution in [0.2, 0.25) is 0 Å². The molecule has 0 bridgehead atoms. The molecule has 1 aliphatic rings. The van der Waals surface area contributed by atoms with Gasteiger partial charge in [0.1, 0.15) is 18.2 Å². The Bertz CT molecular complexity index is 647. The van der Waals surface area contributed by atoms with Gasteiger partial charge in [0.05, 0.1) is 30.5 Å². The average Bonchev–Trinajstić information content (AvgIpc) is 2.80. The highest BCUT2D eigenvalue weighted by molar-refractivity contribution is 5.91. The van der Waals surface area contributed by atoms with E-state index in [0.717, 1.165) is 23.6 Å². The maximum Gasteiger partial charge on any atom is 0.337 e. The minimum atomic E-state index is -0.366. The Hall–Kier alpha value is -2.30. The quantitative estimate of drug-likeness (QED) is 0.757. The number of ether oxygens (including phenoxy) is 2. The molecule has 5 heteroatoms. The van der Waals surface area contributed by atoms with Gasteiger partial charge in [-0.15, -0.1) is 0 Å². The van der Waals surface area contributed by atoms with E-state index in [0.29, 0.717) is 17.9 Å². The summed E-state index contributed by atoms with van der Waals surface area (Å²) in [5.74, 6) is 1.18. The number of imidazole rings is 1. The second-order valence-electron chi connectivity index (χ2n) is 4.45. The zero-order chi connectivity index (χ0) is 15.4. The highest BCUT2D eigenvalue weighted by Crippen LogP contribution is 2.32. The third kappa shape index (κ3) is 2.91. The van der Waals surface area contributed by atoms with Crippen LogP contribution >= 0.6 is 0 Å². The van der Waals surface area contributed by atoms with Crippen LogP contribution in [0.25, 0.3) is 11.4 Å². The third-order valence-corrected chi connectivity index (χ3v) is 3.13. The highest BCUT2D eigenvalue weighted by Gasteiger charge is 2.19. The molecular formula is C16H20N2O3. The number of carbonyl (C=O) groups excluding carboxylic acids is 1. The molecule has 3 rings (SSSR count). The number of methoxy groups -OCH3 is 1. The molecule has 2 heterocycles. The first kappa shape index (κ1) is 15.1. The fraction of sp³-hybridized carbons (Fsp3) is 0.375. The van der Waals surface area contributed by atoms with Crippen LogP contribution in [-0.2, 0) is 11.3 Å². The molecule has 0 unspecified atom stereocenters. The molecule has 0 amide bonds. The lowest BCUT2D eigenvalue weighted by atomic mass is 10.1. The maximum atomic E-state index is 11.5. The van der Waals surface area contributed by atoms with Gasteiger partial charge >= 0.3 is 5.97 Å². The third-order valence-electron chi connectivity index (χ3n) is 3.13. The molecule has 0 fully saturated rings. The fourth-order valence-corrected chi connectivity index (χ4v) is 2.26. The van der Waals surface area contributed by atoms with Crippen molar-refractivity contribution in [3.63, 3.8) is 0 Å². The number of fused-ring (bicyclic) bond motifs is 3. The molecule has 2 aromatic rings. The Morgan fingerprint density at radius 2 is 2.14 bits per heavy atom. The molecule has 0 aliphatic carbocycles. The zero-order valence-electron chi connectivity index (χ0n) is 12.8. The van der Waals surface area contributed by atoms with E-state index in [1.807, 2.05) is 33.0 Å². The van der Waals surface area contributed by atoms with E-state index in [1.165, 1.54) is 7.11 Å². The number of carbonyl (C=O) groups is 1. The average molecular weight is 288 g/mol. The Kier molecular flexibility index (Phi) is 4.62. The second kappa shape index (κ2) is 6.43. The summed E-state index contributed by atoms with van der Waals surface area (Å²) in [6.07, 6.45) is 2.00. The predicted molar refractivity (Wildman–Crippen MR) is 80.6 cm³/mol. The van der Waals surface area contributed by atoms with Gasteiger partial charge in [0.25, 0.3) is 0 Å². The summed E-state index contributed by atoms with van der Waals surface area (Å²) in [6, 6.07) is 5.29. The fourth-order valence-electron chi connectivity index (χ4n) is 2.26. The molecule has 0 saturated heterocycles. The van der Waals surface area contributed by atoms with Gasteiger partial charge in [-0.05, 0) is 25.1 Å². The molecule has 0 spiro atoms. The summed E-state index contributed by atoms with van der Waals surface area (Å²) >= 11 is 0. The molecule has 21 heavy (non-hydrogen) atoms. The SMILES string of the molecule is CC.COC(=O)c1ccc2c(c1)OCCn1cc(C)nc1-2. The van der Waals surface area contributed by atoms with E-state index in [1.54, 1.807) is 12.1 Å². The molecule has 1 aromatic heterocycles. The summed E-state index contributed by atoms with van der Waals surface area (Å²) in [7, 11) is 1.37. The zero-order valence-corrected chi connectivity index (χ0v) is 12.8. The van der Waals surface area contributed by atoms with Gasteiger partial charge in [-0.2, -0.15) is 0 Å². The van der Waals surface area contributed by atoms with Crippen LogP contribution in [0.5, 0.6) is 5.75 Å². The van der Waals surface area contributed by atoms with Crippen LogP contribution in [-0.4, -0.2) is 29.2 Å². The van der Waals surface area contributed by atoms with Crippen LogP contribution < -0.4 is 4.74 Å². The van der Waals surface area contributed by atoms with E-state index in [4.69, 9.17) is 9.47 Å². The Labute approximate surface area is 124 Å². The minimum Gasteiger partial charge on any atom is -0.491 e. The maximum absolute atomic E-state index is 11.5. The van der Waals surface area contributed by atoms with E-state index < -0.39 is 0 Å². The van der Waals surface area contributed by atoms with E-state index in [2.05, 4.69) is 9.55 Å².